The maximum Gasteiger partial charge on any atom is 0.349 e. The van der Waals surface area contributed by atoms with Crippen molar-refractivity contribution in [3.63, 3.8) is 0 Å². The molecule has 0 aliphatic heterocycles. The summed E-state index contributed by atoms with van der Waals surface area (Å²) < 4.78 is 7.02. The van der Waals surface area contributed by atoms with E-state index in [4.69, 9.17) is 4.74 Å². The average molecular weight is 293 g/mol. The van der Waals surface area contributed by atoms with Gasteiger partial charge in [-0.3, -0.25) is 4.68 Å². The maximum atomic E-state index is 11.8. The summed E-state index contributed by atoms with van der Waals surface area (Å²) in [6.45, 7) is 4.53. The zero-order chi connectivity index (χ0) is 14.5. The van der Waals surface area contributed by atoms with Gasteiger partial charge in [0.2, 0.25) is 0 Å². The average Bonchev–Trinajstić information content (AvgIpc) is 3.03. The fraction of sp³-hybridized carbons (Fsp3) is 0.500. The molecule has 2 aromatic rings. The summed E-state index contributed by atoms with van der Waals surface area (Å²) in [6.07, 6.45) is 7.07. The highest BCUT2D eigenvalue weighted by atomic mass is 32.1. The second-order valence-corrected chi connectivity index (χ2v) is 6.04. The van der Waals surface area contributed by atoms with Crippen LogP contribution in [0.2, 0.25) is 0 Å². The molecule has 0 radical (unpaired) electrons. The van der Waals surface area contributed by atoms with E-state index in [1.807, 2.05) is 19.4 Å². The van der Waals surface area contributed by atoms with Crippen LogP contribution in [0.25, 0.3) is 0 Å². The second kappa shape index (κ2) is 6.65. The Morgan fingerprint density at radius 1 is 1.45 bits per heavy atom. The summed E-state index contributed by atoms with van der Waals surface area (Å²) in [4.78, 5) is 16.6. The topological polar surface area (TPSA) is 57.0 Å². The first-order valence-electron chi connectivity index (χ1n) is 6.66. The van der Waals surface area contributed by atoms with E-state index in [1.165, 1.54) is 11.3 Å². The minimum absolute atomic E-state index is 0.277. The van der Waals surface area contributed by atoms with Gasteiger partial charge in [-0.15, -0.1) is 11.3 Å². The van der Waals surface area contributed by atoms with Crippen LogP contribution in [-0.4, -0.2) is 27.3 Å². The van der Waals surface area contributed by atoms with Crippen LogP contribution >= 0.6 is 11.3 Å². The molecule has 0 atom stereocenters. The molecule has 0 bridgehead atoms. The Labute approximate surface area is 122 Å². The van der Waals surface area contributed by atoms with Gasteiger partial charge in [-0.05, 0) is 18.4 Å². The van der Waals surface area contributed by atoms with Crippen molar-refractivity contribution in [2.75, 3.05) is 6.61 Å². The number of hydrogen-bond donors (Lipinski definition) is 0. The minimum atomic E-state index is -0.277. The van der Waals surface area contributed by atoms with Crippen LogP contribution in [-0.2, 0) is 18.2 Å². The summed E-state index contributed by atoms with van der Waals surface area (Å²) in [5.74, 6) is 0.0627. The number of carbonyl (C=O) groups excluding carboxylic acids is 1. The van der Waals surface area contributed by atoms with Crippen LogP contribution in [0.15, 0.2) is 18.6 Å². The zero-order valence-electron chi connectivity index (χ0n) is 12.0. The summed E-state index contributed by atoms with van der Waals surface area (Å²) >= 11 is 1.41. The van der Waals surface area contributed by atoms with E-state index in [0.717, 1.165) is 23.4 Å². The van der Waals surface area contributed by atoms with Gasteiger partial charge in [-0.25, -0.2) is 9.78 Å². The Kier molecular flexibility index (Phi) is 4.89. The number of aryl methyl sites for hydroxylation is 2. The highest BCUT2D eigenvalue weighted by Crippen LogP contribution is 2.21. The van der Waals surface area contributed by atoms with Crippen LogP contribution < -0.4 is 0 Å². The SMILES string of the molecule is CC(C)c1ncc(C(=O)OCCCc2cnn(C)c2)s1. The first-order chi connectivity index (χ1) is 9.56. The lowest BCUT2D eigenvalue weighted by Crippen LogP contribution is -2.05. The molecule has 0 amide bonds. The smallest absolute Gasteiger partial charge is 0.349 e. The van der Waals surface area contributed by atoms with Gasteiger partial charge >= 0.3 is 5.97 Å². The third-order valence-electron chi connectivity index (χ3n) is 2.82. The van der Waals surface area contributed by atoms with Crippen molar-refractivity contribution in [3.8, 4) is 0 Å². The van der Waals surface area contributed by atoms with Crippen LogP contribution in [0.5, 0.6) is 0 Å². The lowest BCUT2D eigenvalue weighted by Gasteiger charge is -2.02. The largest absolute Gasteiger partial charge is 0.461 e. The standard InChI is InChI=1S/C14H19N3O2S/c1-10(2)13-15-8-12(20-13)14(18)19-6-4-5-11-7-16-17(3)9-11/h7-10H,4-6H2,1-3H3. The molecule has 0 spiro atoms. The molecule has 0 saturated carbocycles. The van der Waals surface area contributed by atoms with E-state index in [-0.39, 0.29) is 5.97 Å². The van der Waals surface area contributed by atoms with Gasteiger partial charge in [0.25, 0.3) is 0 Å². The van der Waals surface area contributed by atoms with E-state index < -0.39 is 0 Å². The summed E-state index contributed by atoms with van der Waals surface area (Å²) in [5.41, 5.74) is 1.16. The first-order valence-corrected chi connectivity index (χ1v) is 7.48. The molecule has 0 aromatic carbocycles. The summed E-state index contributed by atoms with van der Waals surface area (Å²) in [7, 11) is 1.89. The van der Waals surface area contributed by atoms with Crippen LogP contribution in [0.1, 0.15) is 46.4 Å². The van der Waals surface area contributed by atoms with Gasteiger partial charge in [0.1, 0.15) is 4.88 Å². The van der Waals surface area contributed by atoms with Crippen molar-refractivity contribution in [1.82, 2.24) is 14.8 Å². The molecule has 2 rings (SSSR count). The fourth-order valence-electron chi connectivity index (χ4n) is 1.76. The molecular formula is C14H19N3O2S. The van der Waals surface area contributed by atoms with Crippen molar-refractivity contribution in [2.45, 2.75) is 32.6 Å². The fourth-order valence-corrected chi connectivity index (χ4v) is 2.58. The molecule has 0 unspecified atom stereocenters. The molecule has 0 aliphatic rings. The van der Waals surface area contributed by atoms with Gasteiger partial charge in [-0.1, -0.05) is 13.8 Å². The second-order valence-electron chi connectivity index (χ2n) is 4.98. The van der Waals surface area contributed by atoms with E-state index in [2.05, 4.69) is 23.9 Å². The lowest BCUT2D eigenvalue weighted by atomic mass is 10.2. The molecule has 0 fully saturated rings. The molecule has 6 heteroatoms. The maximum absolute atomic E-state index is 11.8. The monoisotopic (exact) mass is 293 g/mol. The minimum Gasteiger partial charge on any atom is -0.461 e. The third-order valence-corrected chi connectivity index (χ3v) is 4.10. The third kappa shape index (κ3) is 3.90. The van der Waals surface area contributed by atoms with Crippen molar-refractivity contribution in [2.24, 2.45) is 7.05 Å². The lowest BCUT2D eigenvalue weighted by molar-refractivity contribution is 0.0506. The molecule has 0 aliphatic carbocycles. The molecule has 2 aromatic heterocycles. The van der Waals surface area contributed by atoms with Gasteiger partial charge in [0.15, 0.2) is 0 Å². The highest BCUT2D eigenvalue weighted by Gasteiger charge is 2.13. The molecule has 0 saturated heterocycles. The van der Waals surface area contributed by atoms with E-state index in [0.29, 0.717) is 17.4 Å². The van der Waals surface area contributed by atoms with Gasteiger partial charge in [0, 0.05) is 19.2 Å². The number of aromatic nitrogens is 3. The number of nitrogens with zero attached hydrogens (tertiary/aromatic N) is 3. The van der Waals surface area contributed by atoms with E-state index >= 15 is 0 Å². The van der Waals surface area contributed by atoms with E-state index in [9.17, 15) is 4.79 Å². The molecule has 0 N–H and O–H groups in total. The van der Waals surface area contributed by atoms with Crippen molar-refractivity contribution >= 4 is 17.3 Å². The molecular weight excluding hydrogens is 274 g/mol. The first kappa shape index (κ1) is 14.7. The number of ether oxygens (including phenoxy) is 1. The quantitative estimate of drug-likeness (QED) is 0.607. The summed E-state index contributed by atoms with van der Waals surface area (Å²) in [6, 6.07) is 0. The van der Waals surface area contributed by atoms with Gasteiger partial charge in [-0.2, -0.15) is 5.10 Å². The van der Waals surface area contributed by atoms with Gasteiger partial charge < -0.3 is 4.74 Å². The Bertz CT molecular complexity index is 574. The van der Waals surface area contributed by atoms with Crippen molar-refractivity contribution in [1.29, 1.82) is 0 Å². The predicted molar refractivity (Wildman–Crippen MR) is 78.0 cm³/mol. The number of esters is 1. The Morgan fingerprint density at radius 2 is 2.25 bits per heavy atom. The number of carbonyl (C=O) groups is 1. The summed E-state index contributed by atoms with van der Waals surface area (Å²) in [5, 5.41) is 5.06. The van der Waals surface area contributed by atoms with Crippen LogP contribution in [0, 0.1) is 0 Å². The molecule has 2 heterocycles. The van der Waals surface area contributed by atoms with Gasteiger partial charge in [0.05, 0.1) is 24.0 Å². The molecule has 5 nitrogen and oxygen atoms in total. The highest BCUT2D eigenvalue weighted by molar-refractivity contribution is 7.13. The van der Waals surface area contributed by atoms with Crippen LogP contribution in [0.3, 0.4) is 0 Å². The van der Waals surface area contributed by atoms with Crippen LogP contribution in [0.4, 0.5) is 0 Å². The number of rotatable bonds is 6. The van der Waals surface area contributed by atoms with E-state index in [1.54, 1.807) is 10.9 Å². The van der Waals surface area contributed by atoms with Crippen molar-refractivity contribution < 1.29 is 9.53 Å². The normalized spacial score (nSPS) is 11.0. The Balaban J connectivity index is 1.74. The molecule has 20 heavy (non-hydrogen) atoms. The predicted octanol–water partition coefficient (Wildman–Crippen LogP) is 2.79. The Morgan fingerprint density at radius 3 is 2.85 bits per heavy atom. The number of thiazole rings is 1. The Hall–Kier alpha value is -1.69. The van der Waals surface area contributed by atoms with Crippen molar-refractivity contribution in [3.05, 3.63) is 34.0 Å². The number of hydrogen-bond acceptors (Lipinski definition) is 5. The molecule has 108 valence electrons. The zero-order valence-corrected chi connectivity index (χ0v) is 12.8.